The van der Waals surface area contributed by atoms with E-state index in [9.17, 15) is 18.0 Å². The highest BCUT2D eigenvalue weighted by molar-refractivity contribution is 7.20. The van der Waals surface area contributed by atoms with Crippen LogP contribution >= 0.6 is 22.9 Å². The molecule has 0 aliphatic rings. The number of hydrogen-bond acceptors (Lipinski definition) is 3. The predicted octanol–water partition coefficient (Wildman–Crippen LogP) is 4.74. The molecule has 1 aromatic carbocycles. The minimum atomic E-state index is -4.43. The van der Waals surface area contributed by atoms with Gasteiger partial charge in [0.25, 0.3) is 5.91 Å². The second-order valence-electron chi connectivity index (χ2n) is 5.94. The summed E-state index contributed by atoms with van der Waals surface area (Å²) in [6.07, 6.45) is -4.43. The van der Waals surface area contributed by atoms with Crippen molar-refractivity contribution in [2.45, 2.75) is 19.6 Å². The van der Waals surface area contributed by atoms with E-state index in [1.807, 2.05) is 18.2 Å². The first-order valence-electron chi connectivity index (χ1n) is 7.68. The Kier molecular flexibility index (Phi) is 4.98. The first kappa shape index (κ1) is 18.7. The lowest BCUT2D eigenvalue weighted by Gasteiger charge is -2.17. The number of fused-ring (bicyclic) bond motifs is 1. The van der Waals surface area contributed by atoms with E-state index in [1.165, 1.54) is 0 Å². The van der Waals surface area contributed by atoms with Crippen LogP contribution in [0.5, 0.6) is 0 Å². The van der Waals surface area contributed by atoms with E-state index in [-0.39, 0.29) is 4.88 Å². The van der Waals surface area contributed by atoms with Crippen LogP contribution < -0.4 is 0 Å². The van der Waals surface area contributed by atoms with Crippen LogP contribution in [0.15, 0.2) is 30.3 Å². The molecule has 4 nitrogen and oxygen atoms in total. The van der Waals surface area contributed by atoms with E-state index in [0.717, 1.165) is 34.2 Å². The van der Waals surface area contributed by atoms with Gasteiger partial charge in [0.05, 0.1) is 17.1 Å². The number of alkyl halides is 3. The Bertz CT molecular complexity index is 964. The minimum Gasteiger partial charge on any atom is -0.332 e. The van der Waals surface area contributed by atoms with Gasteiger partial charge < -0.3 is 4.90 Å². The maximum atomic E-state index is 12.5. The Labute approximate surface area is 156 Å². The third-order valence-corrected chi connectivity index (χ3v) is 5.36. The number of nitrogens with zero attached hydrogens (tertiary/aromatic N) is 3. The Hall–Kier alpha value is -2.06. The summed E-state index contributed by atoms with van der Waals surface area (Å²) in [4.78, 5) is 14.0. The van der Waals surface area contributed by atoms with Gasteiger partial charge in [0, 0.05) is 17.5 Å². The van der Waals surface area contributed by atoms with Gasteiger partial charge in [-0.1, -0.05) is 29.8 Å². The fourth-order valence-corrected chi connectivity index (χ4v) is 3.99. The molecule has 0 spiro atoms. The lowest BCUT2D eigenvalue weighted by Crippen LogP contribution is -2.35. The molecule has 26 heavy (non-hydrogen) atoms. The molecule has 3 aromatic rings. The van der Waals surface area contributed by atoms with Crippen molar-refractivity contribution in [1.82, 2.24) is 14.7 Å². The van der Waals surface area contributed by atoms with Gasteiger partial charge in [-0.25, -0.2) is 0 Å². The summed E-state index contributed by atoms with van der Waals surface area (Å²) in [5.74, 6) is -0.660. The van der Waals surface area contributed by atoms with Crippen LogP contribution in [0.2, 0.25) is 5.02 Å². The monoisotopic (exact) mass is 401 g/mol. The van der Waals surface area contributed by atoms with Gasteiger partial charge in [-0.15, -0.1) is 11.3 Å². The normalized spacial score (nSPS) is 11.9. The summed E-state index contributed by atoms with van der Waals surface area (Å²) < 4.78 is 39.3. The molecule has 9 heteroatoms. The van der Waals surface area contributed by atoms with Crippen LogP contribution in [0, 0.1) is 6.92 Å². The quantitative estimate of drug-likeness (QED) is 0.633. The predicted molar refractivity (Wildman–Crippen MR) is 95.9 cm³/mol. The highest BCUT2D eigenvalue weighted by Crippen LogP contribution is 2.30. The van der Waals surface area contributed by atoms with E-state index in [2.05, 4.69) is 5.10 Å². The topological polar surface area (TPSA) is 38.1 Å². The SMILES string of the molecule is Cc1nn(Cc2ccccc2Cl)c2sc(C(=O)N(C)CC(F)(F)F)cc12. The molecule has 0 unspecified atom stereocenters. The Morgan fingerprint density at radius 1 is 1.35 bits per heavy atom. The number of hydrogen-bond donors (Lipinski definition) is 0. The molecular weight excluding hydrogens is 387 g/mol. The molecule has 0 bridgehead atoms. The zero-order valence-electron chi connectivity index (χ0n) is 14.0. The summed E-state index contributed by atoms with van der Waals surface area (Å²) >= 11 is 7.32. The molecular formula is C17H15ClF3N3OS. The Balaban J connectivity index is 1.92. The third-order valence-electron chi connectivity index (χ3n) is 3.86. The summed E-state index contributed by atoms with van der Waals surface area (Å²) in [5, 5.41) is 5.81. The van der Waals surface area contributed by atoms with E-state index < -0.39 is 18.6 Å². The minimum absolute atomic E-state index is 0.250. The van der Waals surface area contributed by atoms with Crippen LogP contribution in [0.3, 0.4) is 0 Å². The number of halogens is 4. The molecule has 0 aliphatic carbocycles. The molecule has 1 amide bonds. The van der Waals surface area contributed by atoms with Gasteiger partial charge >= 0.3 is 6.18 Å². The average molecular weight is 402 g/mol. The molecule has 3 rings (SSSR count). The van der Waals surface area contributed by atoms with Crippen LogP contribution in [0.4, 0.5) is 13.2 Å². The molecule has 0 N–H and O–H groups in total. The lowest BCUT2D eigenvalue weighted by atomic mass is 10.2. The average Bonchev–Trinajstić information content (AvgIpc) is 3.09. The van der Waals surface area contributed by atoms with Crippen molar-refractivity contribution in [3.05, 3.63) is 51.5 Å². The van der Waals surface area contributed by atoms with Crippen LogP contribution in [0.25, 0.3) is 10.2 Å². The molecule has 0 saturated carbocycles. The van der Waals surface area contributed by atoms with Gasteiger partial charge in [-0.3, -0.25) is 9.48 Å². The fourth-order valence-electron chi connectivity index (χ4n) is 2.64. The molecule has 0 saturated heterocycles. The third kappa shape index (κ3) is 3.86. The highest BCUT2D eigenvalue weighted by Gasteiger charge is 2.32. The van der Waals surface area contributed by atoms with Gasteiger partial charge in [0.2, 0.25) is 0 Å². The van der Waals surface area contributed by atoms with E-state index in [0.29, 0.717) is 22.2 Å². The number of aromatic nitrogens is 2. The van der Waals surface area contributed by atoms with Crippen molar-refractivity contribution in [2.75, 3.05) is 13.6 Å². The zero-order chi connectivity index (χ0) is 19.1. The number of rotatable bonds is 4. The second-order valence-corrected chi connectivity index (χ2v) is 7.38. The van der Waals surface area contributed by atoms with Crippen molar-refractivity contribution in [3.63, 3.8) is 0 Å². The molecule has 2 heterocycles. The van der Waals surface area contributed by atoms with Crippen molar-refractivity contribution in [3.8, 4) is 0 Å². The van der Waals surface area contributed by atoms with Gasteiger partial charge in [0.1, 0.15) is 11.4 Å². The summed E-state index contributed by atoms with van der Waals surface area (Å²) in [6.45, 7) is 0.924. The van der Waals surface area contributed by atoms with Crippen molar-refractivity contribution in [2.24, 2.45) is 0 Å². The smallest absolute Gasteiger partial charge is 0.332 e. The molecule has 138 valence electrons. The standard InChI is InChI=1S/C17H15ClF3N3OS/c1-10-12-7-14(15(25)23(2)9-17(19,20)21)26-16(12)24(22-10)8-11-5-3-4-6-13(11)18/h3-7H,8-9H2,1-2H3. The first-order valence-corrected chi connectivity index (χ1v) is 8.88. The molecule has 2 aromatic heterocycles. The number of carbonyl (C=O) groups is 1. The van der Waals surface area contributed by atoms with E-state index >= 15 is 0 Å². The molecule has 0 fully saturated rings. The highest BCUT2D eigenvalue weighted by atomic mass is 35.5. The number of benzene rings is 1. The largest absolute Gasteiger partial charge is 0.406 e. The number of thiophene rings is 1. The maximum Gasteiger partial charge on any atom is 0.406 e. The van der Waals surface area contributed by atoms with E-state index in [4.69, 9.17) is 11.6 Å². The van der Waals surface area contributed by atoms with Crippen LogP contribution in [-0.2, 0) is 6.54 Å². The van der Waals surface area contributed by atoms with Crippen molar-refractivity contribution in [1.29, 1.82) is 0 Å². The number of carbonyl (C=O) groups excluding carboxylic acids is 1. The van der Waals surface area contributed by atoms with Gasteiger partial charge in [-0.05, 0) is 24.6 Å². The van der Waals surface area contributed by atoms with Crippen LogP contribution in [0.1, 0.15) is 20.9 Å². The lowest BCUT2D eigenvalue weighted by molar-refractivity contribution is -0.138. The van der Waals surface area contributed by atoms with Gasteiger partial charge in [-0.2, -0.15) is 18.3 Å². The zero-order valence-corrected chi connectivity index (χ0v) is 15.5. The summed E-state index contributed by atoms with van der Waals surface area (Å²) in [5.41, 5.74) is 1.58. The fraction of sp³-hybridized carbons (Fsp3) is 0.294. The number of aryl methyl sites for hydroxylation is 1. The van der Waals surface area contributed by atoms with E-state index in [1.54, 1.807) is 23.7 Å². The maximum absolute atomic E-state index is 12.5. The second kappa shape index (κ2) is 6.92. The van der Waals surface area contributed by atoms with Gasteiger partial charge in [0.15, 0.2) is 0 Å². The molecule has 0 aliphatic heterocycles. The van der Waals surface area contributed by atoms with Crippen LogP contribution in [-0.4, -0.2) is 40.4 Å². The molecule has 0 radical (unpaired) electrons. The first-order chi connectivity index (χ1) is 12.2. The Morgan fingerprint density at radius 2 is 2.04 bits per heavy atom. The Morgan fingerprint density at radius 3 is 2.69 bits per heavy atom. The van der Waals surface area contributed by atoms with Crippen molar-refractivity contribution >= 4 is 39.1 Å². The summed E-state index contributed by atoms with van der Waals surface area (Å²) in [7, 11) is 1.14. The molecule has 0 atom stereocenters. The number of amides is 1. The van der Waals surface area contributed by atoms with Crippen molar-refractivity contribution < 1.29 is 18.0 Å². The summed E-state index contributed by atoms with van der Waals surface area (Å²) in [6, 6.07) is 8.95.